The van der Waals surface area contributed by atoms with Crippen molar-refractivity contribution in [2.45, 2.75) is 155 Å². The molecule has 3 aliphatic heterocycles. The number of aromatic nitrogens is 2. The maximum atomic E-state index is 13.1. The van der Waals surface area contributed by atoms with Crippen LogP contribution >= 0.6 is 0 Å². The van der Waals surface area contributed by atoms with Crippen molar-refractivity contribution >= 4 is 69.3 Å². The van der Waals surface area contributed by atoms with Crippen LogP contribution in [0.2, 0.25) is 0 Å². The molecule has 0 spiro atoms. The lowest BCUT2D eigenvalue weighted by Gasteiger charge is -2.35. The highest BCUT2D eigenvalue weighted by Crippen LogP contribution is 2.27. The average molecular weight is 1070 g/mol. The summed E-state index contributed by atoms with van der Waals surface area (Å²) in [6.45, 7) is 23.8. The lowest BCUT2D eigenvalue weighted by molar-refractivity contribution is -0.158. The van der Waals surface area contributed by atoms with Gasteiger partial charge in [-0.1, -0.05) is 70.7 Å². The van der Waals surface area contributed by atoms with E-state index in [4.69, 9.17) is 18.9 Å². The number of fused-ring (bicyclic) bond motifs is 5. The highest BCUT2D eigenvalue weighted by molar-refractivity contribution is 5.91. The van der Waals surface area contributed by atoms with E-state index in [1.54, 1.807) is 26.1 Å². The van der Waals surface area contributed by atoms with Gasteiger partial charge in [0.2, 0.25) is 11.8 Å². The van der Waals surface area contributed by atoms with Crippen LogP contribution in [0.3, 0.4) is 0 Å². The fourth-order valence-corrected chi connectivity index (χ4v) is 9.32. The topological polar surface area (TPSA) is 220 Å². The number of hydrazine groups is 2. The number of nitrogens with zero attached hydrogens (tertiary/aromatic N) is 4. The highest BCUT2D eigenvalue weighted by atomic mass is 16.5. The maximum absolute atomic E-state index is 13.1. The fourth-order valence-electron chi connectivity index (χ4n) is 9.32. The van der Waals surface area contributed by atoms with Crippen LogP contribution < -0.4 is 21.5 Å². The van der Waals surface area contributed by atoms with E-state index in [1.165, 1.54) is 10.0 Å². The summed E-state index contributed by atoms with van der Waals surface area (Å²) in [5.41, 5.74) is 9.37. The largest absolute Gasteiger partial charge is 0.457 e. The zero-order valence-corrected chi connectivity index (χ0v) is 46.6. The third kappa shape index (κ3) is 16.8. The number of rotatable bonds is 14. The van der Waals surface area contributed by atoms with E-state index in [9.17, 15) is 28.8 Å². The Morgan fingerprint density at radius 3 is 2.33 bits per heavy atom. The van der Waals surface area contributed by atoms with E-state index in [-0.39, 0.29) is 35.5 Å². The van der Waals surface area contributed by atoms with Gasteiger partial charge >= 0.3 is 11.9 Å². The van der Waals surface area contributed by atoms with Gasteiger partial charge in [-0.3, -0.25) is 48.8 Å². The van der Waals surface area contributed by atoms with Gasteiger partial charge in [0.1, 0.15) is 48.6 Å². The van der Waals surface area contributed by atoms with Crippen LogP contribution in [-0.4, -0.2) is 118 Å². The van der Waals surface area contributed by atoms with Crippen LogP contribution in [0.1, 0.15) is 141 Å². The quantitative estimate of drug-likeness (QED) is 0.0532. The Bertz CT molecular complexity index is 2780. The predicted octanol–water partition coefficient (Wildman–Crippen LogP) is 8.18. The second-order valence-electron chi connectivity index (χ2n) is 20.9. The van der Waals surface area contributed by atoms with Crippen LogP contribution in [0, 0.1) is 11.8 Å². The van der Waals surface area contributed by atoms with Gasteiger partial charge in [0.25, 0.3) is 11.8 Å². The van der Waals surface area contributed by atoms with Crippen LogP contribution in [0.4, 0.5) is 0 Å². The summed E-state index contributed by atoms with van der Waals surface area (Å²) >= 11 is 0. The lowest BCUT2D eigenvalue weighted by Crippen LogP contribution is -2.60. The average Bonchev–Trinajstić information content (AvgIpc) is 3.44. The Hall–Kier alpha value is -6.86. The molecule has 0 unspecified atom stereocenters. The van der Waals surface area contributed by atoms with E-state index in [2.05, 4.69) is 44.6 Å². The molecule has 2 aromatic heterocycles. The van der Waals surface area contributed by atoms with Crippen molar-refractivity contribution in [2.75, 3.05) is 26.3 Å². The number of unbranched alkanes of at least 4 members (excludes halogenated alkanes) is 1. The Kier molecular flexibility index (Phi) is 22.6. The first-order valence-corrected chi connectivity index (χ1v) is 27.5. The van der Waals surface area contributed by atoms with Crippen molar-refractivity contribution in [2.24, 2.45) is 11.8 Å². The zero-order valence-electron chi connectivity index (χ0n) is 46.6. The van der Waals surface area contributed by atoms with Crippen molar-refractivity contribution < 1.29 is 47.7 Å². The van der Waals surface area contributed by atoms with Gasteiger partial charge in [0.05, 0.1) is 11.4 Å². The molecular weight excluding hydrogens is 993 g/mol. The summed E-state index contributed by atoms with van der Waals surface area (Å²) in [5, 5.41) is 12.4. The molecule has 7 rings (SSSR count). The Labute approximate surface area is 459 Å². The number of pyridine rings is 2. The second-order valence-corrected chi connectivity index (χ2v) is 20.9. The normalized spacial score (nSPS) is 22.2. The van der Waals surface area contributed by atoms with Crippen molar-refractivity contribution in [1.82, 2.24) is 41.5 Å². The van der Waals surface area contributed by atoms with Crippen LogP contribution in [0.5, 0.6) is 0 Å². The van der Waals surface area contributed by atoms with Crippen LogP contribution in [-0.2, 0) is 47.7 Å². The minimum Gasteiger partial charge on any atom is -0.457 e. The first-order chi connectivity index (χ1) is 37.4. The summed E-state index contributed by atoms with van der Waals surface area (Å²) < 4.78 is 23.3. The molecule has 5 heterocycles. The number of amides is 4. The minimum absolute atomic E-state index is 0.0522. The first kappa shape index (κ1) is 60.4. The standard InChI is InChI=1S/C31H42N4O5.C29H38N4O5/c1-7-9-10-16-39-28(20(3)4)29(36)33-21(5)30(37)35-15-11-12-27(34-35)31(38)40-22(6)23-13-14-24-19-32-26(8-2)18-25(24)17-23;1-18(2)26-27(34)31-19(3)28(35)33-13-8-10-25(32-33)29(36)38-20(4)21-11-12-22-17-30-24(16-23(22)15-21)9-6-5-7-14-37-26/h7-8,13-14,17-22,27-28,34H,1-2,9-12,15-16H2,3-6H3,(H,33,36);6,9,11-12,15-20,25-26,32H,5,7-8,10,13-14H2,1-4H3,(H,31,34)/b;9-6+/t21-,22+,27-,28-;19-,20+,25-,26-/m00/s1. The molecule has 78 heavy (non-hydrogen) atoms. The molecule has 0 saturated carbocycles. The Balaban J connectivity index is 0.000000253. The number of hydrogen-bond acceptors (Lipinski definition) is 14. The number of hydrogen-bond donors (Lipinski definition) is 4. The van der Waals surface area contributed by atoms with E-state index < -0.39 is 60.5 Å². The van der Waals surface area contributed by atoms with Crippen molar-refractivity contribution in [3.05, 3.63) is 109 Å². The third-order valence-electron chi connectivity index (χ3n) is 13.9. The SMILES string of the molecule is C=CCCCO[C@H](C(=O)N[C@@H](C)C(=O)N1CCC[C@@H](C(=O)O[C@H](C)c2ccc3cnc(C=C)cc3c2)N1)C(C)C.CC(C)[C@@H]1OCCC/C=C/c2cc3cc(ccc3cn2)[C@@H](C)OC(=O)[C@@H]2CCCN(N2)C(=O)[C@H](C)NC1=O. The molecule has 4 amide bonds. The molecule has 3 aliphatic rings. The molecule has 0 aliphatic carbocycles. The van der Waals surface area contributed by atoms with Gasteiger partial charge in [0.15, 0.2) is 0 Å². The number of nitrogens with one attached hydrogen (secondary N) is 4. The first-order valence-electron chi connectivity index (χ1n) is 27.5. The summed E-state index contributed by atoms with van der Waals surface area (Å²) in [4.78, 5) is 87.0. The molecule has 0 radical (unpaired) electrons. The summed E-state index contributed by atoms with van der Waals surface area (Å²) in [6, 6.07) is 12.8. The van der Waals surface area contributed by atoms with Crippen molar-refractivity contribution in [3.8, 4) is 0 Å². The Morgan fingerprint density at radius 1 is 0.872 bits per heavy atom. The fraction of sp³-hybridized carbons (Fsp3) is 0.500. The number of esters is 2. The van der Waals surface area contributed by atoms with E-state index in [1.807, 2.05) is 114 Å². The minimum atomic E-state index is -0.792. The van der Waals surface area contributed by atoms with Crippen LogP contribution in [0.25, 0.3) is 33.7 Å². The van der Waals surface area contributed by atoms with E-state index in [0.717, 1.165) is 69.7 Å². The molecule has 18 nitrogen and oxygen atoms in total. The monoisotopic (exact) mass is 1070 g/mol. The van der Waals surface area contributed by atoms with Gasteiger partial charge < -0.3 is 29.6 Å². The molecule has 2 saturated heterocycles. The molecule has 5 bridgehead atoms. The number of cyclic esters (lactones) is 1. The second kappa shape index (κ2) is 29.2. The van der Waals surface area contributed by atoms with Gasteiger partial charge in [-0.05, 0) is 149 Å². The Morgan fingerprint density at radius 2 is 1.60 bits per heavy atom. The van der Waals surface area contributed by atoms with Crippen LogP contribution in [0.15, 0.2) is 86.2 Å². The summed E-state index contributed by atoms with van der Waals surface area (Å²) in [7, 11) is 0. The van der Waals surface area contributed by atoms with Gasteiger partial charge in [-0.15, -0.1) is 6.58 Å². The molecule has 4 N–H and O–H groups in total. The van der Waals surface area contributed by atoms with Gasteiger partial charge in [0, 0.05) is 49.5 Å². The van der Waals surface area contributed by atoms with Crippen molar-refractivity contribution in [3.63, 3.8) is 0 Å². The highest BCUT2D eigenvalue weighted by Gasteiger charge is 2.36. The maximum Gasteiger partial charge on any atom is 0.325 e. The summed E-state index contributed by atoms with van der Waals surface area (Å²) in [5.74, 6) is -2.24. The summed E-state index contributed by atoms with van der Waals surface area (Å²) in [6.07, 6.45) is 14.3. The molecule has 18 heteroatoms. The zero-order chi connectivity index (χ0) is 56.5. The molecular formula is C60H80N8O10. The smallest absolute Gasteiger partial charge is 0.325 e. The molecule has 420 valence electrons. The van der Waals surface area contributed by atoms with Gasteiger partial charge in [-0.25, -0.2) is 10.9 Å². The number of allylic oxidation sites excluding steroid dienone is 2. The predicted molar refractivity (Wildman–Crippen MR) is 300 cm³/mol. The number of carbonyl (C=O) groups is 6. The molecule has 4 aromatic rings. The van der Waals surface area contributed by atoms with E-state index in [0.29, 0.717) is 52.0 Å². The van der Waals surface area contributed by atoms with E-state index >= 15 is 0 Å². The molecule has 2 fully saturated rings. The molecule has 2 aromatic carbocycles. The number of ether oxygens (including phenoxy) is 4. The van der Waals surface area contributed by atoms with Crippen molar-refractivity contribution in [1.29, 1.82) is 0 Å². The lowest BCUT2D eigenvalue weighted by atomic mass is 10.0. The van der Waals surface area contributed by atoms with Gasteiger partial charge in [-0.2, -0.15) is 0 Å². The third-order valence-corrected chi connectivity index (χ3v) is 13.9. The number of carbonyl (C=O) groups excluding carboxylic acids is 6. The molecule has 8 atom stereocenters. The number of benzene rings is 2.